The summed E-state index contributed by atoms with van der Waals surface area (Å²) in [6.45, 7) is 4.23. The number of hydrogen-bond donors (Lipinski definition) is 1. The number of hydrogen-bond acceptors (Lipinski definition) is 5. The van der Waals surface area contributed by atoms with Gasteiger partial charge in [0.1, 0.15) is 5.75 Å². The summed E-state index contributed by atoms with van der Waals surface area (Å²) in [7, 11) is 3.71. The fraction of sp³-hybridized carbons (Fsp3) is 0.467. The number of ether oxygens (including phenoxy) is 1. The molecular formula is C15H22N4O2. The molecule has 1 aliphatic heterocycles. The minimum Gasteiger partial charge on any atom is -0.497 e. The molecule has 0 radical (unpaired) electrons. The van der Waals surface area contributed by atoms with E-state index in [0.29, 0.717) is 6.54 Å². The second-order valence-corrected chi connectivity index (χ2v) is 5.15. The zero-order valence-electron chi connectivity index (χ0n) is 12.6. The molecule has 0 aliphatic carbocycles. The van der Waals surface area contributed by atoms with Gasteiger partial charge in [-0.1, -0.05) is 12.1 Å². The third-order valence-electron chi connectivity index (χ3n) is 3.46. The molecule has 1 aromatic rings. The van der Waals surface area contributed by atoms with Gasteiger partial charge in [-0.05, 0) is 24.7 Å². The third kappa shape index (κ3) is 5.17. The Labute approximate surface area is 125 Å². The lowest BCUT2D eigenvalue weighted by atomic mass is 10.2. The van der Waals surface area contributed by atoms with Crippen molar-refractivity contribution in [2.24, 2.45) is 5.10 Å². The van der Waals surface area contributed by atoms with Crippen LogP contribution in [-0.2, 0) is 4.79 Å². The van der Waals surface area contributed by atoms with Crippen LogP contribution >= 0.6 is 0 Å². The zero-order valence-corrected chi connectivity index (χ0v) is 12.6. The zero-order chi connectivity index (χ0) is 15.1. The first-order chi connectivity index (χ1) is 10.2. The van der Waals surface area contributed by atoms with Crippen LogP contribution in [0.15, 0.2) is 29.4 Å². The molecule has 0 aromatic heterocycles. The van der Waals surface area contributed by atoms with Gasteiger partial charge in [0.15, 0.2) is 0 Å². The first kappa shape index (κ1) is 15.5. The SMILES string of the molecule is COc1cccc(/C=N\NC(=O)CN2CCN(C)CC2)c1. The molecule has 6 nitrogen and oxygen atoms in total. The average Bonchev–Trinajstić information content (AvgIpc) is 2.50. The molecule has 1 amide bonds. The van der Waals surface area contributed by atoms with E-state index in [0.717, 1.165) is 37.5 Å². The van der Waals surface area contributed by atoms with Crippen LogP contribution in [0.4, 0.5) is 0 Å². The van der Waals surface area contributed by atoms with Gasteiger partial charge in [-0.2, -0.15) is 5.10 Å². The number of methoxy groups -OCH3 is 1. The summed E-state index contributed by atoms with van der Waals surface area (Å²) in [5.74, 6) is 0.682. The smallest absolute Gasteiger partial charge is 0.254 e. The van der Waals surface area contributed by atoms with Crippen molar-refractivity contribution in [1.29, 1.82) is 0 Å². The number of carbonyl (C=O) groups excluding carboxylic acids is 1. The first-order valence-electron chi connectivity index (χ1n) is 7.04. The molecule has 0 saturated carbocycles. The van der Waals surface area contributed by atoms with E-state index in [2.05, 4.69) is 27.4 Å². The standard InChI is InChI=1S/C15H22N4O2/c1-18-6-8-19(9-7-18)12-15(20)17-16-11-13-4-3-5-14(10-13)21-2/h3-5,10-11H,6-9,12H2,1-2H3,(H,17,20)/b16-11-. The Kier molecular flexibility index (Phi) is 5.71. The largest absolute Gasteiger partial charge is 0.497 e. The summed E-state index contributed by atoms with van der Waals surface area (Å²) in [5, 5.41) is 3.98. The highest BCUT2D eigenvalue weighted by Crippen LogP contribution is 2.10. The second kappa shape index (κ2) is 7.75. The quantitative estimate of drug-likeness (QED) is 0.630. The topological polar surface area (TPSA) is 57.2 Å². The maximum Gasteiger partial charge on any atom is 0.254 e. The maximum atomic E-state index is 11.8. The highest BCUT2D eigenvalue weighted by molar-refractivity contribution is 5.83. The van der Waals surface area contributed by atoms with Crippen molar-refractivity contribution in [2.45, 2.75) is 0 Å². The van der Waals surface area contributed by atoms with Crippen LogP contribution < -0.4 is 10.2 Å². The minimum atomic E-state index is -0.0845. The summed E-state index contributed by atoms with van der Waals surface area (Å²) in [6.07, 6.45) is 1.62. The summed E-state index contributed by atoms with van der Waals surface area (Å²) in [5.41, 5.74) is 3.45. The molecule has 1 saturated heterocycles. The van der Waals surface area contributed by atoms with Gasteiger partial charge in [-0.15, -0.1) is 0 Å². The molecular weight excluding hydrogens is 268 g/mol. The lowest BCUT2D eigenvalue weighted by molar-refractivity contribution is -0.122. The van der Waals surface area contributed by atoms with Gasteiger partial charge >= 0.3 is 0 Å². The van der Waals surface area contributed by atoms with Gasteiger partial charge in [0.2, 0.25) is 0 Å². The second-order valence-electron chi connectivity index (χ2n) is 5.15. The predicted molar refractivity (Wildman–Crippen MR) is 82.7 cm³/mol. The average molecular weight is 290 g/mol. The fourth-order valence-corrected chi connectivity index (χ4v) is 2.15. The molecule has 0 unspecified atom stereocenters. The highest BCUT2D eigenvalue weighted by atomic mass is 16.5. The maximum absolute atomic E-state index is 11.8. The lowest BCUT2D eigenvalue weighted by Gasteiger charge is -2.31. The number of piperazine rings is 1. The van der Waals surface area contributed by atoms with Crippen molar-refractivity contribution in [3.05, 3.63) is 29.8 Å². The number of likely N-dealkylation sites (N-methyl/N-ethyl adjacent to an activating group) is 1. The predicted octanol–water partition coefficient (Wildman–Crippen LogP) is 0.393. The van der Waals surface area contributed by atoms with Gasteiger partial charge in [-0.25, -0.2) is 5.43 Å². The van der Waals surface area contributed by atoms with Gasteiger partial charge in [-0.3, -0.25) is 9.69 Å². The molecule has 1 heterocycles. The summed E-state index contributed by atoms with van der Waals surface area (Å²) in [4.78, 5) is 16.2. The van der Waals surface area contributed by atoms with Crippen LogP contribution in [0.3, 0.4) is 0 Å². The number of nitrogens with zero attached hydrogens (tertiary/aromatic N) is 3. The van der Waals surface area contributed by atoms with Gasteiger partial charge < -0.3 is 9.64 Å². The molecule has 2 rings (SSSR count). The number of rotatable bonds is 5. The molecule has 21 heavy (non-hydrogen) atoms. The molecule has 1 fully saturated rings. The Morgan fingerprint density at radius 2 is 2.14 bits per heavy atom. The Morgan fingerprint density at radius 3 is 2.86 bits per heavy atom. The first-order valence-corrected chi connectivity index (χ1v) is 7.04. The van der Waals surface area contributed by atoms with Crippen molar-refractivity contribution in [1.82, 2.24) is 15.2 Å². The van der Waals surface area contributed by atoms with E-state index >= 15 is 0 Å². The van der Waals surface area contributed by atoms with E-state index in [1.165, 1.54) is 0 Å². The van der Waals surface area contributed by atoms with Gasteiger partial charge in [0.25, 0.3) is 5.91 Å². The highest BCUT2D eigenvalue weighted by Gasteiger charge is 2.15. The molecule has 1 aliphatic rings. The van der Waals surface area contributed by atoms with Crippen molar-refractivity contribution in [3.8, 4) is 5.75 Å². The summed E-state index contributed by atoms with van der Waals surface area (Å²) in [6, 6.07) is 7.50. The van der Waals surface area contributed by atoms with E-state index in [1.54, 1.807) is 13.3 Å². The Hall–Kier alpha value is -1.92. The van der Waals surface area contributed by atoms with E-state index in [4.69, 9.17) is 4.74 Å². The fourth-order valence-electron chi connectivity index (χ4n) is 2.15. The number of amides is 1. The van der Waals surface area contributed by atoms with Crippen molar-refractivity contribution in [3.63, 3.8) is 0 Å². The molecule has 114 valence electrons. The van der Waals surface area contributed by atoms with Crippen LogP contribution in [0, 0.1) is 0 Å². The van der Waals surface area contributed by atoms with E-state index in [9.17, 15) is 4.79 Å². The van der Waals surface area contributed by atoms with Gasteiger partial charge in [0.05, 0.1) is 19.9 Å². The Morgan fingerprint density at radius 1 is 1.38 bits per heavy atom. The summed E-state index contributed by atoms with van der Waals surface area (Å²) < 4.78 is 5.13. The normalized spacial score (nSPS) is 17.0. The number of benzene rings is 1. The van der Waals surface area contributed by atoms with Crippen LogP contribution in [-0.4, -0.2) is 68.8 Å². The number of carbonyl (C=O) groups is 1. The molecule has 0 spiro atoms. The lowest BCUT2D eigenvalue weighted by Crippen LogP contribution is -2.47. The molecule has 1 N–H and O–H groups in total. The van der Waals surface area contributed by atoms with Crippen LogP contribution in [0.25, 0.3) is 0 Å². The van der Waals surface area contributed by atoms with Crippen LogP contribution in [0.5, 0.6) is 5.75 Å². The minimum absolute atomic E-state index is 0.0845. The number of hydrazone groups is 1. The summed E-state index contributed by atoms with van der Waals surface area (Å²) >= 11 is 0. The van der Waals surface area contributed by atoms with Crippen molar-refractivity contribution in [2.75, 3.05) is 46.9 Å². The molecule has 0 atom stereocenters. The molecule has 0 bridgehead atoms. The van der Waals surface area contributed by atoms with Crippen LogP contribution in [0.2, 0.25) is 0 Å². The van der Waals surface area contributed by atoms with E-state index < -0.39 is 0 Å². The number of nitrogens with one attached hydrogen (secondary N) is 1. The molecule has 1 aromatic carbocycles. The van der Waals surface area contributed by atoms with E-state index in [-0.39, 0.29) is 5.91 Å². The third-order valence-corrected chi connectivity index (χ3v) is 3.46. The van der Waals surface area contributed by atoms with Crippen LogP contribution in [0.1, 0.15) is 5.56 Å². The van der Waals surface area contributed by atoms with Crippen molar-refractivity contribution >= 4 is 12.1 Å². The van der Waals surface area contributed by atoms with Gasteiger partial charge in [0, 0.05) is 26.2 Å². The Balaban J connectivity index is 1.76. The van der Waals surface area contributed by atoms with E-state index in [1.807, 2.05) is 24.3 Å². The Bertz CT molecular complexity index is 496. The molecule has 6 heteroatoms. The van der Waals surface area contributed by atoms with Crippen molar-refractivity contribution < 1.29 is 9.53 Å². The monoisotopic (exact) mass is 290 g/mol.